The first-order valence-corrected chi connectivity index (χ1v) is 5.55. The van der Waals surface area contributed by atoms with Gasteiger partial charge in [0.05, 0.1) is 0 Å². The summed E-state index contributed by atoms with van der Waals surface area (Å²) >= 11 is 0. The molecule has 2 rings (SSSR count). The smallest absolute Gasteiger partial charge is 0.123 e. The van der Waals surface area contributed by atoms with E-state index in [4.69, 9.17) is 5.11 Å². The summed E-state index contributed by atoms with van der Waals surface area (Å²) in [5.41, 5.74) is 1.07. The van der Waals surface area contributed by atoms with Crippen LogP contribution in [-0.2, 0) is 6.54 Å². The van der Waals surface area contributed by atoms with Crippen molar-refractivity contribution in [1.29, 1.82) is 0 Å². The number of hydrogen-bond donors (Lipinski definition) is 2. The lowest BCUT2D eigenvalue weighted by Crippen LogP contribution is -2.26. The van der Waals surface area contributed by atoms with Crippen LogP contribution >= 0.6 is 0 Å². The average Bonchev–Trinajstić information content (AvgIpc) is 2.76. The lowest BCUT2D eigenvalue weighted by Gasteiger charge is -2.12. The largest absolute Gasteiger partial charge is 0.396 e. The quantitative estimate of drug-likeness (QED) is 0.760. The minimum Gasteiger partial charge on any atom is -0.396 e. The summed E-state index contributed by atoms with van der Waals surface area (Å²) in [6.45, 7) is 0.943. The van der Waals surface area contributed by atoms with Crippen LogP contribution in [0.2, 0.25) is 0 Å². The Balaban J connectivity index is 1.80. The highest BCUT2D eigenvalue weighted by molar-refractivity contribution is 5.16. The number of halogens is 1. The van der Waals surface area contributed by atoms with Gasteiger partial charge in [-0.2, -0.15) is 0 Å². The fourth-order valence-corrected chi connectivity index (χ4v) is 1.91. The first-order chi connectivity index (χ1) is 7.78. The molecule has 2 nitrogen and oxygen atoms in total. The van der Waals surface area contributed by atoms with Crippen molar-refractivity contribution in [2.45, 2.75) is 19.0 Å². The van der Waals surface area contributed by atoms with Gasteiger partial charge in [-0.25, -0.2) is 4.39 Å². The van der Waals surface area contributed by atoms with E-state index in [2.05, 4.69) is 11.4 Å². The van der Waals surface area contributed by atoms with Crippen LogP contribution in [0.5, 0.6) is 0 Å². The van der Waals surface area contributed by atoms with Gasteiger partial charge in [0, 0.05) is 25.1 Å². The maximum absolute atomic E-state index is 12.7. The van der Waals surface area contributed by atoms with Crippen LogP contribution in [0.25, 0.3) is 0 Å². The van der Waals surface area contributed by atoms with Gasteiger partial charge in [0.1, 0.15) is 5.82 Å². The molecule has 1 aliphatic carbocycles. The Morgan fingerprint density at radius 1 is 1.25 bits per heavy atom. The lowest BCUT2D eigenvalue weighted by molar-refractivity contribution is 0.246. The molecule has 16 heavy (non-hydrogen) atoms. The van der Waals surface area contributed by atoms with Gasteiger partial charge in [0.25, 0.3) is 0 Å². The minimum absolute atomic E-state index is 0.204. The first kappa shape index (κ1) is 11.3. The summed E-state index contributed by atoms with van der Waals surface area (Å²) in [5, 5.41) is 12.3. The molecule has 0 aromatic heterocycles. The van der Waals surface area contributed by atoms with E-state index in [1.165, 1.54) is 12.1 Å². The summed E-state index contributed by atoms with van der Waals surface area (Å²) in [7, 11) is 0. The molecular formula is C13H16FNO. The Hall–Kier alpha value is -1.19. The van der Waals surface area contributed by atoms with Crippen molar-refractivity contribution >= 4 is 0 Å². The summed E-state index contributed by atoms with van der Waals surface area (Å²) in [5.74, 6) is 0.0792. The molecule has 0 unspecified atom stereocenters. The highest BCUT2D eigenvalue weighted by Crippen LogP contribution is 2.17. The van der Waals surface area contributed by atoms with Crippen LogP contribution in [0, 0.1) is 11.7 Å². The van der Waals surface area contributed by atoms with Crippen molar-refractivity contribution in [2.24, 2.45) is 5.92 Å². The van der Waals surface area contributed by atoms with Crippen molar-refractivity contribution in [3.63, 3.8) is 0 Å². The number of hydrogen-bond acceptors (Lipinski definition) is 2. The fraction of sp³-hybridized carbons (Fsp3) is 0.385. The molecule has 0 amide bonds. The Morgan fingerprint density at radius 2 is 2.00 bits per heavy atom. The summed E-state index contributed by atoms with van der Waals surface area (Å²) in [6, 6.07) is 6.83. The molecule has 3 heteroatoms. The summed E-state index contributed by atoms with van der Waals surface area (Å²) < 4.78 is 12.7. The van der Waals surface area contributed by atoms with Crippen molar-refractivity contribution in [3.8, 4) is 0 Å². The summed E-state index contributed by atoms with van der Waals surface area (Å²) in [4.78, 5) is 0. The van der Waals surface area contributed by atoms with E-state index in [1.807, 2.05) is 6.08 Å². The van der Waals surface area contributed by atoms with Crippen molar-refractivity contribution in [2.75, 3.05) is 6.61 Å². The topological polar surface area (TPSA) is 32.3 Å². The van der Waals surface area contributed by atoms with Gasteiger partial charge >= 0.3 is 0 Å². The maximum Gasteiger partial charge on any atom is 0.123 e. The molecule has 0 radical (unpaired) electrons. The second-order valence-corrected chi connectivity index (χ2v) is 4.18. The second-order valence-electron chi connectivity index (χ2n) is 4.18. The van der Waals surface area contributed by atoms with Crippen molar-refractivity contribution in [3.05, 3.63) is 47.8 Å². The molecule has 0 saturated heterocycles. The van der Waals surface area contributed by atoms with Crippen LogP contribution in [0.4, 0.5) is 4.39 Å². The number of nitrogens with one attached hydrogen (secondary N) is 1. The van der Waals surface area contributed by atoms with Gasteiger partial charge in [-0.1, -0.05) is 24.3 Å². The standard InChI is InChI=1S/C13H16FNO/c14-12-4-1-10(2-5-12)8-15-13-6-3-11(7-13)9-16/h1-6,11,13,15-16H,7-9H2/t11-,13+/m0/s1. The molecular weight excluding hydrogens is 205 g/mol. The highest BCUT2D eigenvalue weighted by atomic mass is 19.1. The predicted molar refractivity (Wildman–Crippen MR) is 61.4 cm³/mol. The molecule has 2 N–H and O–H groups in total. The van der Waals surface area contributed by atoms with Crippen molar-refractivity contribution < 1.29 is 9.50 Å². The molecule has 0 heterocycles. The molecule has 2 atom stereocenters. The Kier molecular flexibility index (Phi) is 3.70. The number of rotatable bonds is 4. The van der Waals surface area contributed by atoms with Crippen LogP contribution in [0.3, 0.4) is 0 Å². The zero-order valence-corrected chi connectivity index (χ0v) is 9.07. The monoisotopic (exact) mass is 221 g/mol. The predicted octanol–water partition coefficient (Wildman–Crippen LogP) is 1.85. The van der Waals surface area contributed by atoms with Gasteiger partial charge in [-0.15, -0.1) is 0 Å². The minimum atomic E-state index is -0.204. The third kappa shape index (κ3) is 2.90. The third-order valence-electron chi connectivity index (χ3n) is 2.89. The van der Waals surface area contributed by atoms with E-state index in [1.54, 1.807) is 12.1 Å². The van der Waals surface area contributed by atoms with Crippen LogP contribution in [0.1, 0.15) is 12.0 Å². The fourth-order valence-electron chi connectivity index (χ4n) is 1.91. The Labute approximate surface area is 94.8 Å². The normalized spacial score (nSPS) is 23.9. The molecule has 0 fully saturated rings. The van der Waals surface area contributed by atoms with Gasteiger partial charge in [-0.05, 0) is 24.1 Å². The highest BCUT2D eigenvalue weighted by Gasteiger charge is 2.17. The molecule has 1 aromatic carbocycles. The SMILES string of the molecule is OC[C@H]1C=C[C@@H](NCc2ccc(F)cc2)C1. The van der Waals surface area contributed by atoms with E-state index in [0.29, 0.717) is 6.04 Å². The molecule has 86 valence electrons. The van der Waals surface area contributed by atoms with E-state index in [9.17, 15) is 4.39 Å². The maximum atomic E-state index is 12.7. The van der Waals surface area contributed by atoms with Crippen LogP contribution < -0.4 is 5.32 Å². The van der Waals surface area contributed by atoms with E-state index in [-0.39, 0.29) is 18.3 Å². The van der Waals surface area contributed by atoms with Crippen LogP contribution in [0.15, 0.2) is 36.4 Å². The average molecular weight is 221 g/mol. The molecule has 0 spiro atoms. The second kappa shape index (κ2) is 5.23. The summed E-state index contributed by atoms with van der Waals surface area (Å²) in [6.07, 6.45) is 5.07. The number of benzene rings is 1. The molecule has 0 saturated carbocycles. The lowest BCUT2D eigenvalue weighted by atomic mass is 10.1. The third-order valence-corrected chi connectivity index (χ3v) is 2.89. The number of aliphatic hydroxyl groups excluding tert-OH is 1. The zero-order chi connectivity index (χ0) is 11.4. The zero-order valence-electron chi connectivity index (χ0n) is 9.07. The van der Waals surface area contributed by atoms with Gasteiger partial charge in [-0.3, -0.25) is 0 Å². The van der Waals surface area contributed by atoms with Gasteiger partial charge in [0.2, 0.25) is 0 Å². The number of aliphatic hydroxyl groups is 1. The van der Waals surface area contributed by atoms with Gasteiger partial charge in [0.15, 0.2) is 0 Å². The molecule has 0 bridgehead atoms. The van der Waals surface area contributed by atoms with Crippen LogP contribution in [-0.4, -0.2) is 17.8 Å². The molecule has 1 aliphatic rings. The van der Waals surface area contributed by atoms with Gasteiger partial charge < -0.3 is 10.4 Å². The Morgan fingerprint density at radius 3 is 2.62 bits per heavy atom. The Bertz CT molecular complexity index is 361. The van der Waals surface area contributed by atoms with E-state index >= 15 is 0 Å². The van der Waals surface area contributed by atoms with E-state index in [0.717, 1.165) is 18.5 Å². The molecule has 1 aromatic rings. The van der Waals surface area contributed by atoms with Crippen molar-refractivity contribution in [1.82, 2.24) is 5.32 Å². The van der Waals surface area contributed by atoms with E-state index < -0.39 is 0 Å². The molecule has 0 aliphatic heterocycles. The first-order valence-electron chi connectivity index (χ1n) is 5.55.